The van der Waals surface area contributed by atoms with Gasteiger partial charge in [-0.1, -0.05) is 30.3 Å². The normalized spacial score (nSPS) is 15.1. The lowest BCUT2D eigenvalue weighted by molar-refractivity contribution is 0.0358. The summed E-state index contributed by atoms with van der Waals surface area (Å²) in [5, 5.41) is 0.567. The summed E-state index contributed by atoms with van der Waals surface area (Å²) in [4.78, 5) is 15.1. The molecule has 3 aromatic rings. The molecular weight excluding hydrogens is 342 g/mol. The van der Waals surface area contributed by atoms with Gasteiger partial charge < -0.3 is 13.9 Å². The van der Waals surface area contributed by atoms with Crippen LogP contribution in [0.4, 0.5) is 0 Å². The van der Waals surface area contributed by atoms with E-state index in [2.05, 4.69) is 4.90 Å². The second-order valence-corrected chi connectivity index (χ2v) is 6.66. The lowest BCUT2D eigenvalue weighted by atomic mass is 10.1. The molecule has 0 aliphatic carbocycles. The Morgan fingerprint density at radius 1 is 1.04 bits per heavy atom. The Balaban J connectivity index is 1.42. The average molecular weight is 365 g/mol. The van der Waals surface area contributed by atoms with E-state index in [0.29, 0.717) is 23.1 Å². The van der Waals surface area contributed by atoms with Crippen molar-refractivity contribution in [2.75, 3.05) is 39.5 Å². The van der Waals surface area contributed by atoms with Gasteiger partial charge in [0, 0.05) is 25.7 Å². The fraction of sp³-hybridized carbons (Fsp3) is 0.318. The first-order chi connectivity index (χ1) is 13.3. The van der Waals surface area contributed by atoms with Crippen molar-refractivity contribution in [1.29, 1.82) is 0 Å². The Hall–Kier alpha value is -2.63. The molecule has 1 aromatic heterocycles. The number of fused-ring (bicyclic) bond motifs is 1. The molecule has 0 amide bonds. The third kappa shape index (κ3) is 4.21. The second-order valence-electron chi connectivity index (χ2n) is 6.66. The molecule has 0 radical (unpaired) electrons. The minimum Gasteiger partial charge on any atom is -0.493 e. The molecule has 0 N–H and O–H groups in total. The third-order valence-electron chi connectivity index (χ3n) is 4.82. The summed E-state index contributed by atoms with van der Waals surface area (Å²) in [6.07, 6.45) is 2.48. The number of nitrogens with zero attached hydrogens (tertiary/aromatic N) is 1. The molecule has 4 rings (SSSR count). The smallest absolute Gasteiger partial charge is 0.200 e. The highest BCUT2D eigenvalue weighted by Crippen LogP contribution is 2.23. The van der Waals surface area contributed by atoms with Crippen molar-refractivity contribution in [3.8, 4) is 16.9 Å². The van der Waals surface area contributed by atoms with Crippen LogP contribution in [0.15, 0.2) is 64.0 Å². The molecule has 1 aliphatic rings. The lowest BCUT2D eigenvalue weighted by Gasteiger charge is -2.26. The van der Waals surface area contributed by atoms with Gasteiger partial charge >= 0.3 is 0 Å². The van der Waals surface area contributed by atoms with Gasteiger partial charge in [-0.25, -0.2) is 0 Å². The van der Waals surface area contributed by atoms with Crippen molar-refractivity contribution in [3.05, 3.63) is 65.0 Å². The molecule has 2 aromatic carbocycles. The van der Waals surface area contributed by atoms with Gasteiger partial charge in [-0.05, 0) is 24.1 Å². The predicted octanol–water partition coefficient (Wildman–Crippen LogP) is 3.56. The monoisotopic (exact) mass is 365 g/mol. The van der Waals surface area contributed by atoms with Crippen molar-refractivity contribution < 1.29 is 13.9 Å². The highest BCUT2D eigenvalue weighted by Gasteiger charge is 2.11. The summed E-state index contributed by atoms with van der Waals surface area (Å²) in [5.41, 5.74) is 1.95. The van der Waals surface area contributed by atoms with E-state index in [1.807, 2.05) is 36.4 Å². The molecule has 0 unspecified atom stereocenters. The van der Waals surface area contributed by atoms with Crippen LogP contribution in [0.3, 0.4) is 0 Å². The van der Waals surface area contributed by atoms with Gasteiger partial charge in [0.2, 0.25) is 0 Å². The fourth-order valence-corrected chi connectivity index (χ4v) is 3.32. The maximum Gasteiger partial charge on any atom is 0.200 e. The summed E-state index contributed by atoms with van der Waals surface area (Å²) in [6, 6.07) is 15.0. The van der Waals surface area contributed by atoms with Crippen LogP contribution < -0.4 is 10.2 Å². The number of rotatable bonds is 6. The van der Waals surface area contributed by atoms with Gasteiger partial charge in [-0.2, -0.15) is 0 Å². The Morgan fingerprint density at radius 3 is 2.67 bits per heavy atom. The van der Waals surface area contributed by atoms with Gasteiger partial charge in [-0.3, -0.25) is 9.69 Å². The zero-order valence-corrected chi connectivity index (χ0v) is 15.2. The molecule has 5 heteroatoms. The molecule has 5 nitrogen and oxygen atoms in total. The minimum atomic E-state index is -0.0266. The summed E-state index contributed by atoms with van der Waals surface area (Å²) in [5.74, 6) is 0.722. The number of hydrogen-bond donors (Lipinski definition) is 0. The van der Waals surface area contributed by atoms with Crippen molar-refractivity contribution >= 4 is 11.0 Å². The first kappa shape index (κ1) is 17.8. The van der Waals surface area contributed by atoms with Gasteiger partial charge in [0.1, 0.15) is 17.6 Å². The Labute approximate surface area is 158 Å². The van der Waals surface area contributed by atoms with Crippen LogP contribution >= 0.6 is 0 Å². The van der Waals surface area contributed by atoms with E-state index in [1.165, 1.54) is 6.26 Å². The standard InChI is InChI=1S/C22H23NO4/c24-22-19-8-7-18(26-12-4-9-23-10-13-25-14-11-23)15-21(19)27-16-20(22)17-5-2-1-3-6-17/h1-3,5-8,15-16H,4,9-14H2. The van der Waals surface area contributed by atoms with E-state index < -0.39 is 0 Å². The zero-order chi connectivity index (χ0) is 18.5. The van der Waals surface area contributed by atoms with Gasteiger partial charge in [0.05, 0.1) is 30.8 Å². The summed E-state index contributed by atoms with van der Waals surface area (Å²) in [6.45, 7) is 5.25. The zero-order valence-electron chi connectivity index (χ0n) is 15.2. The fourth-order valence-electron chi connectivity index (χ4n) is 3.32. The molecular formula is C22H23NO4. The van der Waals surface area contributed by atoms with E-state index in [4.69, 9.17) is 13.9 Å². The topological polar surface area (TPSA) is 51.9 Å². The summed E-state index contributed by atoms with van der Waals surface area (Å²) < 4.78 is 16.9. The second kappa shape index (κ2) is 8.37. The molecule has 0 bridgehead atoms. The predicted molar refractivity (Wildman–Crippen MR) is 105 cm³/mol. The molecule has 0 atom stereocenters. The van der Waals surface area contributed by atoms with Gasteiger partial charge in [0.25, 0.3) is 0 Å². The maximum absolute atomic E-state index is 12.8. The van der Waals surface area contributed by atoms with E-state index in [1.54, 1.807) is 12.1 Å². The molecule has 0 saturated carbocycles. The van der Waals surface area contributed by atoms with Crippen LogP contribution in [-0.2, 0) is 4.74 Å². The average Bonchev–Trinajstić information content (AvgIpc) is 2.73. The highest BCUT2D eigenvalue weighted by atomic mass is 16.5. The SMILES string of the molecule is O=c1c(-c2ccccc2)coc2cc(OCCCN3CCOCC3)ccc12. The van der Waals surface area contributed by atoms with Crippen LogP contribution in [0.25, 0.3) is 22.1 Å². The van der Waals surface area contributed by atoms with E-state index in [0.717, 1.165) is 50.6 Å². The minimum absolute atomic E-state index is 0.0266. The molecule has 1 aliphatic heterocycles. The Morgan fingerprint density at radius 2 is 1.85 bits per heavy atom. The van der Waals surface area contributed by atoms with Crippen molar-refractivity contribution in [1.82, 2.24) is 4.90 Å². The number of morpholine rings is 1. The molecule has 2 heterocycles. The summed E-state index contributed by atoms with van der Waals surface area (Å²) >= 11 is 0. The van der Waals surface area contributed by atoms with E-state index >= 15 is 0 Å². The van der Waals surface area contributed by atoms with Gasteiger partial charge in [-0.15, -0.1) is 0 Å². The van der Waals surface area contributed by atoms with E-state index in [9.17, 15) is 4.79 Å². The van der Waals surface area contributed by atoms with Crippen LogP contribution in [0.2, 0.25) is 0 Å². The largest absolute Gasteiger partial charge is 0.493 e. The molecule has 140 valence electrons. The first-order valence-electron chi connectivity index (χ1n) is 9.35. The lowest BCUT2D eigenvalue weighted by Crippen LogP contribution is -2.37. The number of hydrogen-bond acceptors (Lipinski definition) is 5. The molecule has 1 fully saturated rings. The molecule has 1 saturated heterocycles. The van der Waals surface area contributed by atoms with Crippen LogP contribution in [0.5, 0.6) is 5.75 Å². The van der Waals surface area contributed by atoms with Gasteiger partial charge in [0.15, 0.2) is 5.43 Å². The summed E-state index contributed by atoms with van der Waals surface area (Å²) in [7, 11) is 0. The molecule has 27 heavy (non-hydrogen) atoms. The van der Waals surface area contributed by atoms with E-state index in [-0.39, 0.29) is 5.43 Å². The third-order valence-corrected chi connectivity index (χ3v) is 4.82. The van der Waals surface area contributed by atoms with Crippen molar-refractivity contribution in [3.63, 3.8) is 0 Å². The Bertz CT molecular complexity index is 945. The maximum atomic E-state index is 12.8. The van der Waals surface area contributed by atoms with Crippen LogP contribution in [0.1, 0.15) is 6.42 Å². The quantitative estimate of drug-likeness (QED) is 0.625. The van der Waals surface area contributed by atoms with Crippen LogP contribution in [-0.4, -0.2) is 44.4 Å². The van der Waals surface area contributed by atoms with Crippen molar-refractivity contribution in [2.24, 2.45) is 0 Å². The molecule has 0 spiro atoms. The Kier molecular flexibility index (Phi) is 5.51. The number of ether oxygens (including phenoxy) is 2. The first-order valence-corrected chi connectivity index (χ1v) is 9.35. The van der Waals surface area contributed by atoms with Crippen LogP contribution in [0, 0.1) is 0 Å². The highest BCUT2D eigenvalue weighted by molar-refractivity contribution is 5.82. The number of benzene rings is 2. The van der Waals surface area contributed by atoms with Crippen molar-refractivity contribution in [2.45, 2.75) is 6.42 Å².